The van der Waals surface area contributed by atoms with Crippen LogP contribution in [-0.2, 0) is 11.8 Å². The third kappa shape index (κ3) is 2.43. The van der Waals surface area contributed by atoms with E-state index in [1.54, 1.807) is 11.8 Å². The van der Waals surface area contributed by atoms with E-state index in [-0.39, 0.29) is 0 Å². The number of fused-ring (bicyclic) bond motifs is 1. The Morgan fingerprint density at radius 3 is 2.61 bits per heavy atom. The Morgan fingerprint density at radius 2 is 1.91 bits per heavy atom. The molecule has 1 fully saturated rings. The number of pyridine rings is 1. The molecule has 0 unspecified atom stereocenters. The summed E-state index contributed by atoms with van der Waals surface area (Å²) >= 11 is 0. The number of hydrogen-bond acceptors (Lipinski definition) is 5. The van der Waals surface area contributed by atoms with E-state index in [4.69, 9.17) is 9.47 Å². The number of aromatic nitrogens is 4. The number of morpholine rings is 1. The predicted molar refractivity (Wildman–Crippen MR) is 87.0 cm³/mol. The summed E-state index contributed by atoms with van der Waals surface area (Å²) in [5, 5.41) is 8.75. The van der Waals surface area contributed by atoms with Gasteiger partial charge in [-0.3, -0.25) is 4.68 Å². The van der Waals surface area contributed by atoms with E-state index < -0.39 is 0 Å². The van der Waals surface area contributed by atoms with E-state index in [1.807, 2.05) is 42.4 Å². The lowest BCUT2D eigenvalue weighted by Crippen LogP contribution is -2.36. The van der Waals surface area contributed by atoms with Crippen LogP contribution in [-0.4, -0.2) is 52.8 Å². The number of anilines is 1. The Bertz CT molecular complexity index is 832. The molecule has 0 aromatic carbocycles. The lowest BCUT2D eigenvalue weighted by molar-refractivity contribution is 0.123. The maximum atomic E-state index is 5.64. The maximum Gasteiger partial charge on any atom is 0.147 e. The van der Waals surface area contributed by atoms with E-state index in [0.717, 1.165) is 54.4 Å². The van der Waals surface area contributed by atoms with Crippen molar-refractivity contribution in [2.45, 2.75) is 0 Å². The first-order chi connectivity index (χ1) is 11.3. The molecule has 0 amide bonds. The zero-order valence-corrected chi connectivity index (χ0v) is 13.3. The molecule has 7 nitrogen and oxygen atoms in total. The van der Waals surface area contributed by atoms with E-state index in [9.17, 15) is 0 Å². The van der Waals surface area contributed by atoms with Gasteiger partial charge in [-0.05, 0) is 6.07 Å². The van der Waals surface area contributed by atoms with E-state index >= 15 is 0 Å². The van der Waals surface area contributed by atoms with Gasteiger partial charge in [-0.15, -0.1) is 0 Å². The molecule has 1 saturated heterocycles. The highest BCUT2D eigenvalue weighted by Gasteiger charge is 2.19. The van der Waals surface area contributed by atoms with Gasteiger partial charge in [-0.25, -0.2) is 4.52 Å². The molecule has 0 saturated carbocycles. The van der Waals surface area contributed by atoms with Gasteiger partial charge in [0.25, 0.3) is 0 Å². The molecule has 3 aromatic heterocycles. The molecule has 4 rings (SSSR count). The normalized spacial score (nSPS) is 15.3. The number of methoxy groups -OCH3 is 1. The molecular formula is C16H19N5O2. The van der Waals surface area contributed by atoms with E-state index in [1.165, 1.54) is 0 Å². The van der Waals surface area contributed by atoms with E-state index in [2.05, 4.69) is 15.1 Å². The zero-order valence-electron chi connectivity index (χ0n) is 13.3. The highest BCUT2D eigenvalue weighted by Crippen LogP contribution is 2.34. The Balaban J connectivity index is 1.83. The fourth-order valence-electron chi connectivity index (χ4n) is 2.99. The molecule has 0 atom stereocenters. The van der Waals surface area contributed by atoms with Crippen LogP contribution in [0.1, 0.15) is 0 Å². The third-order valence-corrected chi connectivity index (χ3v) is 4.17. The van der Waals surface area contributed by atoms with Crippen LogP contribution in [0.25, 0.3) is 16.6 Å². The summed E-state index contributed by atoms with van der Waals surface area (Å²) in [6, 6.07) is 2.04. The summed E-state index contributed by atoms with van der Waals surface area (Å²) in [6.45, 7) is 3.23. The fraction of sp³-hybridized carbons (Fsp3) is 0.375. The molecule has 0 bridgehead atoms. The van der Waals surface area contributed by atoms with Crippen LogP contribution in [0.15, 0.2) is 30.9 Å². The monoisotopic (exact) mass is 313 g/mol. The minimum absolute atomic E-state index is 0.743. The van der Waals surface area contributed by atoms with Crippen LogP contribution in [0.3, 0.4) is 0 Å². The highest BCUT2D eigenvalue weighted by atomic mass is 16.5. The summed E-state index contributed by atoms with van der Waals surface area (Å²) in [5.41, 5.74) is 4.14. The van der Waals surface area contributed by atoms with Gasteiger partial charge in [0, 0.05) is 43.7 Å². The maximum absolute atomic E-state index is 5.64. The first kappa shape index (κ1) is 14.1. The second kappa shape index (κ2) is 5.58. The number of aryl methyl sites for hydroxylation is 1. The van der Waals surface area contributed by atoms with Crippen LogP contribution in [0.2, 0.25) is 0 Å². The molecule has 4 heterocycles. The SMILES string of the molecule is COc1cc(-c2cnn(C)c2)cn2ncc(N3CCOCC3)c12. The van der Waals surface area contributed by atoms with Gasteiger partial charge in [0.1, 0.15) is 11.3 Å². The van der Waals surface area contributed by atoms with Crippen LogP contribution >= 0.6 is 0 Å². The molecule has 0 aliphatic carbocycles. The van der Waals surface area contributed by atoms with Gasteiger partial charge in [-0.1, -0.05) is 0 Å². The van der Waals surface area contributed by atoms with Gasteiger partial charge in [-0.2, -0.15) is 10.2 Å². The fourth-order valence-corrected chi connectivity index (χ4v) is 2.99. The molecule has 7 heteroatoms. The number of rotatable bonds is 3. The van der Waals surface area contributed by atoms with Crippen molar-refractivity contribution >= 4 is 11.2 Å². The largest absolute Gasteiger partial charge is 0.494 e. The molecular weight excluding hydrogens is 294 g/mol. The molecule has 3 aromatic rings. The minimum atomic E-state index is 0.743. The van der Waals surface area contributed by atoms with Crippen molar-refractivity contribution in [2.75, 3.05) is 38.3 Å². The summed E-state index contributed by atoms with van der Waals surface area (Å²) in [6.07, 6.45) is 7.73. The quantitative estimate of drug-likeness (QED) is 0.735. The minimum Gasteiger partial charge on any atom is -0.494 e. The van der Waals surface area contributed by atoms with Crippen molar-refractivity contribution in [3.63, 3.8) is 0 Å². The van der Waals surface area contributed by atoms with Crippen LogP contribution in [0.5, 0.6) is 5.75 Å². The van der Waals surface area contributed by atoms with Crippen molar-refractivity contribution in [1.29, 1.82) is 0 Å². The topological polar surface area (TPSA) is 56.8 Å². The molecule has 120 valence electrons. The Labute approximate surface area is 134 Å². The molecule has 1 aliphatic heterocycles. The van der Waals surface area contributed by atoms with Gasteiger partial charge in [0.15, 0.2) is 0 Å². The third-order valence-electron chi connectivity index (χ3n) is 4.17. The van der Waals surface area contributed by atoms with E-state index in [0.29, 0.717) is 0 Å². The molecule has 23 heavy (non-hydrogen) atoms. The molecule has 0 radical (unpaired) electrons. The van der Waals surface area contributed by atoms with Crippen molar-refractivity contribution in [2.24, 2.45) is 7.05 Å². The first-order valence-electron chi connectivity index (χ1n) is 7.63. The van der Waals surface area contributed by atoms with Gasteiger partial charge in [0.05, 0.1) is 38.4 Å². The Morgan fingerprint density at radius 1 is 1.09 bits per heavy atom. The molecule has 0 N–H and O–H groups in total. The number of ether oxygens (including phenoxy) is 2. The predicted octanol–water partition coefficient (Wildman–Crippen LogP) is 1.58. The van der Waals surface area contributed by atoms with Gasteiger partial charge < -0.3 is 14.4 Å². The van der Waals surface area contributed by atoms with Crippen LogP contribution in [0, 0.1) is 0 Å². The molecule has 1 aliphatic rings. The van der Waals surface area contributed by atoms with Gasteiger partial charge in [0.2, 0.25) is 0 Å². The highest BCUT2D eigenvalue weighted by molar-refractivity contribution is 5.82. The number of nitrogens with zero attached hydrogens (tertiary/aromatic N) is 5. The summed E-state index contributed by atoms with van der Waals surface area (Å²) in [4.78, 5) is 2.29. The average Bonchev–Trinajstić information content (AvgIpc) is 3.21. The first-order valence-corrected chi connectivity index (χ1v) is 7.63. The van der Waals surface area contributed by atoms with Crippen molar-refractivity contribution in [1.82, 2.24) is 19.4 Å². The Hall–Kier alpha value is -2.54. The molecule has 0 spiro atoms. The summed E-state index contributed by atoms with van der Waals surface area (Å²) in [7, 11) is 3.60. The summed E-state index contributed by atoms with van der Waals surface area (Å²) in [5.74, 6) is 0.811. The summed E-state index contributed by atoms with van der Waals surface area (Å²) < 4.78 is 14.7. The van der Waals surface area contributed by atoms with Crippen molar-refractivity contribution in [3.8, 4) is 16.9 Å². The lowest BCUT2D eigenvalue weighted by Gasteiger charge is -2.28. The van der Waals surface area contributed by atoms with Crippen molar-refractivity contribution < 1.29 is 9.47 Å². The van der Waals surface area contributed by atoms with Crippen molar-refractivity contribution in [3.05, 3.63) is 30.9 Å². The Kier molecular flexibility index (Phi) is 3.42. The van der Waals surface area contributed by atoms with Crippen LogP contribution < -0.4 is 9.64 Å². The van der Waals surface area contributed by atoms with Gasteiger partial charge >= 0.3 is 0 Å². The smallest absolute Gasteiger partial charge is 0.147 e. The number of hydrogen-bond donors (Lipinski definition) is 0. The zero-order chi connectivity index (χ0) is 15.8. The second-order valence-electron chi connectivity index (χ2n) is 5.62. The lowest BCUT2D eigenvalue weighted by atomic mass is 10.1. The average molecular weight is 313 g/mol. The second-order valence-corrected chi connectivity index (χ2v) is 5.62. The van der Waals surface area contributed by atoms with Crippen LogP contribution in [0.4, 0.5) is 5.69 Å². The standard InChI is InChI=1S/C16H19N5O2/c1-19-10-13(8-17-19)12-7-15(22-2)16-14(9-18-21(16)11-12)20-3-5-23-6-4-20/h7-11H,3-6H2,1-2H3.